The number of hydrogen-bond donors (Lipinski definition) is 1. The second-order valence-electron chi connectivity index (χ2n) is 8.95. The summed E-state index contributed by atoms with van der Waals surface area (Å²) < 4.78 is 6.08. The van der Waals surface area contributed by atoms with Gasteiger partial charge in [0.05, 0.1) is 28.5 Å². The lowest BCUT2D eigenvalue weighted by Gasteiger charge is -2.29. The van der Waals surface area contributed by atoms with E-state index < -0.39 is 24.0 Å². The van der Waals surface area contributed by atoms with Crippen LogP contribution in [0.2, 0.25) is 0 Å². The predicted molar refractivity (Wildman–Crippen MR) is 143 cm³/mol. The van der Waals surface area contributed by atoms with Crippen LogP contribution in [0.1, 0.15) is 18.5 Å². The fourth-order valence-electron chi connectivity index (χ4n) is 5.22. The molecule has 0 unspecified atom stereocenters. The molecule has 2 amide bonds. The van der Waals surface area contributed by atoms with Gasteiger partial charge in [0.15, 0.2) is 17.6 Å². The fourth-order valence-corrected chi connectivity index (χ4v) is 5.68. The molecular weight excluding hydrogens is 536 g/mol. The minimum absolute atomic E-state index is 0.0291. The molecule has 2 fully saturated rings. The second kappa shape index (κ2) is 9.21. The van der Waals surface area contributed by atoms with Crippen LogP contribution in [0.4, 0.5) is 11.4 Å². The van der Waals surface area contributed by atoms with E-state index in [0.29, 0.717) is 28.0 Å². The number of hydroxylamine groups is 1. The van der Waals surface area contributed by atoms with Crippen LogP contribution in [0.25, 0.3) is 10.8 Å². The van der Waals surface area contributed by atoms with Crippen molar-refractivity contribution in [3.8, 4) is 11.5 Å². The van der Waals surface area contributed by atoms with Crippen LogP contribution in [-0.2, 0) is 14.4 Å². The summed E-state index contributed by atoms with van der Waals surface area (Å²) in [5, 5.41) is 13.9. The number of aromatic hydroxyl groups is 1. The van der Waals surface area contributed by atoms with Crippen molar-refractivity contribution < 1.29 is 24.3 Å². The van der Waals surface area contributed by atoms with E-state index >= 15 is 0 Å². The van der Waals surface area contributed by atoms with Gasteiger partial charge in [-0.05, 0) is 64.1 Å². The largest absolute Gasteiger partial charge is 0.503 e. The lowest BCUT2D eigenvalue weighted by atomic mass is 9.90. The van der Waals surface area contributed by atoms with Crippen LogP contribution in [0.5, 0.6) is 11.5 Å². The predicted octanol–water partition coefficient (Wildman–Crippen LogP) is 5.76. The SMILES string of the molecule is CCOc1cc([C@H]2[C@H]3C(=O)N(c4cccc5ccccc45)C(=O)[C@H]3ON2c2ccccc2)cc(Br)c1O. The molecule has 0 saturated carbocycles. The Bertz CT molecular complexity index is 1520. The summed E-state index contributed by atoms with van der Waals surface area (Å²) in [5.74, 6) is -1.29. The molecule has 0 bridgehead atoms. The Balaban J connectivity index is 1.49. The zero-order chi connectivity index (χ0) is 25.7. The molecule has 7 nitrogen and oxygen atoms in total. The maximum absolute atomic E-state index is 14.1. The van der Waals surface area contributed by atoms with Gasteiger partial charge in [0.25, 0.3) is 5.91 Å². The molecule has 2 aliphatic rings. The molecular formula is C29H23BrN2O5. The van der Waals surface area contributed by atoms with E-state index in [1.807, 2.05) is 73.7 Å². The lowest BCUT2D eigenvalue weighted by Crippen LogP contribution is -2.37. The molecule has 0 aromatic heterocycles. The quantitative estimate of drug-likeness (QED) is 0.314. The maximum Gasteiger partial charge on any atom is 0.266 e. The average Bonchev–Trinajstić information content (AvgIpc) is 3.42. The molecule has 2 heterocycles. The van der Waals surface area contributed by atoms with Crippen LogP contribution in [0.15, 0.2) is 89.4 Å². The van der Waals surface area contributed by atoms with Crippen LogP contribution < -0.4 is 14.7 Å². The number of para-hydroxylation sites is 1. The minimum Gasteiger partial charge on any atom is -0.503 e. The summed E-state index contributed by atoms with van der Waals surface area (Å²) in [5.41, 5.74) is 1.92. The Morgan fingerprint density at radius 2 is 1.68 bits per heavy atom. The Kier molecular flexibility index (Phi) is 5.85. The Hall–Kier alpha value is -3.88. The van der Waals surface area contributed by atoms with Crippen molar-refractivity contribution in [1.82, 2.24) is 0 Å². The van der Waals surface area contributed by atoms with Crippen molar-refractivity contribution in [2.75, 3.05) is 16.6 Å². The molecule has 2 aliphatic heterocycles. The van der Waals surface area contributed by atoms with Crippen molar-refractivity contribution in [1.29, 1.82) is 0 Å². The van der Waals surface area contributed by atoms with Crippen molar-refractivity contribution in [3.05, 3.63) is 95.0 Å². The minimum atomic E-state index is -1.00. The normalized spacial score (nSPS) is 21.1. The van der Waals surface area contributed by atoms with Crippen LogP contribution in [-0.4, -0.2) is 29.6 Å². The number of halogens is 1. The topological polar surface area (TPSA) is 79.3 Å². The van der Waals surface area contributed by atoms with E-state index in [1.165, 1.54) is 4.90 Å². The third kappa shape index (κ3) is 3.75. The Morgan fingerprint density at radius 1 is 0.946 bits per heavy atom. The zero-order valence-electron chi connectivity index (χ0n) is 19.9. The number of amides is 2. The second-order valence-corrected chi connectivity index (χ2v) is 9.80. The average molecular weight is 559 g/mol. The number of hydrogen-bond acceptors (Lipinski definition) is 6. The smallest absolute Gasteiger partial charge is 0.266 e. The first kappa shape index (κ1) is 23.5. The fraction of sp³-hybridized carbons (Fsp3) is 0.172. The summed E-state index contributed by atoms with van der Waals surface area (Å²) >= 11 is 3.41. The molecule has 0 aliphatic carbocycles. The first-order chi connectivity index (χ1) is 18.0. The van der Waals surface area contributed by atoms with Crippen molar-refractivity contribution in [3.63, 3.8) is 0 Å². The number of benzene rings is 4. The van der Waals surface area contributed by atoms with E-state index in [2.05, 4.69) is 15.9 Å². The van der Waals surface area contributed by atoms with Crippen molar-refractivity contribution >= 4 is 49.9 Å². The highest BCUT2D eigenvalue weighted by Gasteiger charge is 2.60. The highest BCUT2D eigenvalue weighted by Crippen LogP contribution is 2.50. The summed E-state index contributed by atoms with van der Waals surface area (Å²) in [6, 6.07) is 25.4. The number of anilines is 2. The first-order valence-electron chi connectivity index (χ1n) is 12.0. The maximum atomic E-state index is 14.1. The van der Waals surface area contributed by atoms with Gasteiger partial charge >= 0.3 is 0 Å². The van der Waals surface area contributed by atoms with Gasteiger partial charge in [-0.15, -0.1) is 0 Å². The molecule has 3 atom stereocenters. The molecule has 1 N–H and O–H groups in total. The summed E-state index contributed by atoms with van der Waals surface area (Å²) in [6.45, 7) is 2.18. The van der Waals surface area contributed by atoms with Gasteiger partial charge in [-0.1, -0.05) is 54.6 Å². The highest BCUT2D eigenvalue weighted by atomic mass is 79.9. The highest BCUT2D eigenvalue weighted by molar-refractivity contribution is 9.10. The van der Waals surface area contributed by atoms with Gasteiger partial charge in [0.1, 0.15) is 5.92 Å². The van der Waals surface area contributed by atoms with Gasteiger partial charge < -0.3 is 9.84 Å². The van der Waals surface area contributed by atoms with Gasteiger partial charge in [0, 0.05) is 5.39 Å². The van der Waals surface area contributed by atoms with E-state index in [0.717, 1.165) is 10.8 Å². The number of fused-ring (bicyclic) bond motifs is 2. The number of phenols is 1. The molecule has 0 radical (unpaired) electrons. The molecule has 4 aromatic carbocycles. The summed E-state index contributed by atoms with van der Waals surface area (Å²) in [6.07, 6.45) is -1.00. The standard InChI is InChI=1S/C29H23BrN2O5/c1-2-36-23-16-18(15-21(30)26(23)33)25-24-27(37-32(25)19-11-4-3-5-12-19)29(35)31(28(24)34)22-14-8-10-17-9-6-7-13-20(17)22/h3-16,24-25,27,33H,2H2,1H3/t24-,25+,27+/m1/s1. The van der Waals surface area contributed by atoms with Gasteiger partial charge in [-0.3, -0.25) is 14.4 Å². The number of rotatable bonds is 5. The molecule has 186 valence electrons. The number of carbonyl (C=O) groups is 2. The van der Waals surface area contributed by atoms with Gasteiger partial charge in [-0.25, -0.2) is 9.96 Å². The lowest BCUT2D eigenvalue weighted by molar-refractivity contribution is -0.126. The van der Waals surface area contributed by atoms with Crippen LogP contribution >= 0.6 is 15.9 Å². The van der Waals surface area contributed by atoms with E-state index in [1.54, 1.807) is 23.3 Å². The van der Waals surface area contributed by atoms with Crippen LogP contribution in [0.3, 0.4) is 0 Å². The third-order valence-electron chi connectivity index (χ3n) is 6.83. The van der Waals surface area contributed by atoms with Gasteiger partial charge in [-0.2, -0.15) is 0 Å². The molecule has 2 saturated heterocycles. The molecule has 37 heavy (non-hydrogen) atoms. The number of phenolic OH excluding ortho intramolecular Hbond substituents is 1. The van der Waals surface area contributed by atoms with Gasteiger partial charge in [0.2, 0.25) is 5.91 Å². The monoisotopic (exact) mass is 558 g/mol. The molecule has 8 heteroatoms. The van der Waals surface area contributed by atoms with E-state index in [-0.39, 0.29) is 17.4 Å². The summed E-state index contributed by atoms with van der Waals surface area (Å²) in [7, 11) is 0. The Morgan fingerprint density at radius 3 is 2.46 bits per heavy atom. The Labute approximate surface area is 221 Å². The molecule has 4 aromatic rings. The van der Waals surface area contributed by atoms with E-state index in [9.17, 15) is 14.7 Å². The number of ether oxygens (including phenoxy) is 1. The summed E-state index contributed by atoms with van der Waals surface area (Å²) in [4.78, 5) is 35.3. The zero-order valence-corrected chi connectivity index (χ0v) is 21.5. The number of nitrogens with zero attached hydrogens (tertiary/aromatic N) is 2. The van der Waals surface area contributed by atoms with Crippen LogP contribution in [0, 0.1) is 5.92 Å². The molecule has 6 rings (SSSR count). The third-order valence-corrected chi connectivity index (χ3v) is 7.43. The number of carbonyl (C=O) groups excluding carboxylic acids is 2. The first-order valence-corrected chi connectivity index (χ1v) is 12.8. The van der Waals surface area contributed by atoms with E-state index in [4.69, 9.17) is 9.57 Å². The van der Waals surface area contributed by atoms with Crippen molar-refractivity contribution in [2.24, 2.45) is 5.92 Å². The number of imide groups is 1. The van der Waals surface area contributed by atoms with Crippen molar-refractivity contribution in [2.45, 2.75) is 19.1 Å². The molecule has 0 spiro atoms.